The molecule has 0 spiro atoms. The van der Waals surface area contributed by atoms with E-state index in [9.17, 15) is 4.79 Å². The summed E-state index contributed by atoms with van der Waals surface area (Å²) in [4.78, 5) is 10.6. The van der Waals surface area contributed by atoms with E-state index >= 15 is 0 Å². The lowest BCUT2D eigenvalue weighted by molar-refractivity contribution is -0.131. The molecular weight excluding hydrogens is 370 g/mol. The average molecular weight is 404 g/mol. The Labute approximate surface area is 181 Å². The Hall–Kier alpha value is -2.83. The molecule has 2 aromatic carbocycles. The van der Waals surface area contributed by atoms with E-state index in [1.54, 1.807) is 6.08 Å². The van der Waals surface area contributed by atoms with E-state index in [1.165, 1.54) is 49.7 Å². The van der Waals surface area contributed by atoms with E-state index in [0.29, 0.717) is 0 Å². The van der Waals surface area contributed by atoms with Crippen LogP contribution < -0.4 is 5.32 Å². The Morgan fingerprint density at radius 2 is 1.50 bits per heavy atom. The number of hydrogen-bond donors (Lipinski definition) is 2. The fourth-order valence-electron chi connectivity index (χ4n) is 3.13. The van der Waals surface area contributed by atoms with Gasteiger partial charge in [0.05, 0.1) is 0 Å². The molecule has 0 atom stereocenters. The van der Waals surface area contributed by atoms with Crippen molar-refractivity contribution < 1.29 is 9.90 Å². The number of carboxylic acid groups (broad SMARTS) is 1. The molecule has 0 aromatic heterocycles. The number of hydrogen-bond acceptors (Lipinski definition) is 2. The summed E-state index contributed by atoms with van der Waals surface area (Å²) in [5.74, 6) is 5.62. The van der Waals surface area contributed by atoms with Gasteiger partial charge in [-0.3, -0.25) is 0 Å². The smallest absolute Gasteiger partial charge is 0.328 e. The average Bonchev–Trinajstić information content (AvgIpc) is 2.76. The first-order valence-electron chi connectivity index (χ1n) is 11.0. The van der Waals surface area contributed by atoms with Crippen LogP contribution in [-0.4, -0.2) is 11.1 Å². The molecule has 3 nitrogen and oxygen atoms in total. The van der Waals surface area contributed by atoms with Gasteiger partial charge in [-0.15, -0.1) is 0 Å². The van der Waals surface area contributed by atoms with Gasteiger partial charge in [0.1, 0.15) is 0 Å². The lowest BCUT2D eigenvalue weighted by atomic mass is 10.1. The summed E-state index contributed by atoms with van der Waals surface area (Å²) in [6.07, 6.45) is 11.6. The predicted molar refractivity (Wildman–Crippen MR) is 125 cm³/mol. The minimum atomic E-state index is -0.935. The Kier molecular flexibility index (Phi) is 11.1. The molecule has 158 valence electrons. The Morgan fingerprint density at radius 1 is 0.900 bits per heavy atom. The third-order valence-corrected chi connectivity index (χ3v) is 4.90. The molecule has 0 aliphatic heterocycles. The number of carboxylic acids is 1. The van der Waals surface area contributed by atoms with Gasteiger partial charge in [0.15, 0.2) is 0 Å². The van der Waals surface area contributed by atoms with Crippen molar-refractivity contribution in [2.24, 2.45) is 0 Å². The fraction of sp³-hybridized carbons (Fsp3) is 0.370. The van der Waals surface area contributed by atoms with Crippen molar-refractivity contribution in [3.8, 4) is 11.8 Å². The summed E-state index contributed by atoms with van der Waals surface area (Å²) in [6.45, 7) is 3.81. The number of aliphatic carboxylic acids is 1. The largest absolute Gasteiger partial charge is 0.478 e. The van der Waals surface area contributed by atoms with Gasteiger partial charge in [0.25, 0.3) is 0 Å². The van der Waals surface area contributed by atoms with Crippen LogP contribution >= 0.6 is 0 Å². The quantitative estimate of drug-likeness (QED) is 0.253. The summed E-state index contributed by atoms with van der Waals surface area (Å²) in [7, 11) is 0. The summed E-state index contributed by atoms with van der Waals surface area (Å²) in [5, 5.41) is 12.1. The molecule has 30 heavy (non-hydrogen) atoms. The maximum absolute atomic E-state index is 10.6. The Balaban J connectivity index is 1.67. The van der Waals surface area contributed by atoms with Crippen LogP contribution in [0.1, 0.15) is 74.1 Å². The molecule has 0 radical (unpaired) electrons. The van der Waals surface area contributed by atoms with Crippen LogP contribution in [0.5, 0.6) is 0 Å². The van der Waals surface area contributed by atoms with Crippen LogP contribution in [0.4, 0.5) is 0 Å². The van der Waals surface area contributed by atoms with E-state index in [-0.39, 0.29) is 0 Å². The monoisotopic (exact) mass is 403 g/mol. The molecule has 2 aromatic rings. The Morgan fingerprint density at radius 3 is 2.13 bits per heavy atom. The zero-order chi connectivity index (χ0) is 21.4. The standard InChI is InChI=1S/C27H33NO2/c1-2-3-4-5-6-7-8-9-10-23-11-15-25(16-12-23)21-28-22-26-17-13-24(14-18-26)19-20-27(29)30/h11-20,28H,2-8,21-22H2,1H3,(H,29,30). The van der Waals surface area contributed by atoms with Gasteiger partial charge in [-0.1, -0.05) is 87.3 Å². The molecule has 0 heterocycles. The SMILES string of the molecule is CCCCCCCCC#Cc1ccc(CNCc2ccc(C=CC(=O)O)cc2)cc1. The van der Waals surface area contributed by atoms with E-state index in [2.05, 4.69) is 48.3 Å². The number of unbranched alkanes of at least 4 members (excludes halogenated alkanes) is 6. The van der Waals surface area contributed by atoms with Crippen LogP contribution in [0.3, 0.4) is 0 Å². The second-order valence-corrected chi connectivity index (χ2v) is 7.53. The molecule has 0 amide bonds. The van der Waals surface area contributed by atoms with Crippen LogP contribution in [0.25, 0.3) is 6.08 Å². The highest BCUT2D eigenvalue weighted by atomic mass is 16.4. The van der Waals surface area contributed by atoms with Crippen LogP contribution in [0, 0.1) is 11.8 Å². The molecule has 0 fully saturated rings. The molecule has 2 rings (SSSR count). The van der Waals surface area contributed by atoms with Gasteiger partial charge >= 0.3 is 5.97 Å². The normalized spacial score (nSPS) is 10.7. The van der Waals surface area contributed by atoms with E-state index in [0.717, 1.165) is 36.7 Å². The van der Waals surface area contributed by atoms with Gasteiger partial charge in [-0.05, 0) is 41.3 Å². The lowest BCUT2D eigenvalue weighted by Gasteiger charge is -2.06. The highest BCUT2D eigenvalue weighted by molar-refractivity contribution is 5.85. The van der Waals surface area contributed by atoms with Crippen molar-refractivity contribution in [1.82, 2.24) is 5.32 Å². The van der Waals surface area contributed by atoms with Crippen LogP contribution in [-0.2, 0) is 17.9 Å². The van der Waals surface area contributed by atoms with Crippen molar-refractivity contribution >= 4 is 12.0 Å². The number of carbonyl (C=O) groups is 1. The second-order valence-electron chi connectivity index (χ2n) is 7.53. The van der Waals surface area contributed by atoms with Crippen molar-refractivity contribution in [2.75, 3.05) is 0 Å². The third kappa shape index (κ3) is 10.1. The first-order valence-corrected chi connectivity index (χ1v) is 11.0. The van der Waals surface area contributed by atoms with Crippen LogP contribution in [0.15, 0.2) is 54.6 Å². The van der Waals surface area contributed by atoms with Crippen molar-refractivity contribution in [1.29, 1.82) is 0 Å². The molecule has 0 saturated heterocycles. The molecule has 0 unspecified atom stereocenters. The molecule has 0 aliphatic rings. The summed E-state index contributed by atoms with van der Waals surface area (Å²) in [6, 6.07) is 16.3. The number of nitrogens with one attached hydrogen (secondary N) is 1. The number of benzene rings is 2. The zero-order valence-corrected chi connectivity index (χ0v) is 18.0. The number of rotatable bonds is 12. The first-order chi connectivity index (χ1) is 14.7. The molecule has 0 aliphatic carbocycles. The van der Waals surface area contributed by atoms with Gasteiger partial charge in [-0.25, -0.2) is 4.79 Å². The topological polar surface area (TPSA) is 49.3 Å². The van der Waals surface area contributed by atoms with Crippen molar-refractivity contribution in [3.05, 3.63) is 76.9 Å². The summed E-state index contributed by atoms with van der Waals surface area (Å²) in [5.41, 5.74) is 4.36. The van der Waals surface area contributed by atoms with E-state index < -0.39 is 5.97 Å². The summed E-state index contributed by atoms with van der Waals surface area (Å²) < 4.78 is 0. The van der Waals surface area contributed by atoms with Crippen LogP contribution in [0.2, 0.25) is 0 Å². The van der Waals surface area contributed by atoms with Gasteiger partial charge < -0.3 is 10.4 Å². The highest BCUT2D eigenvalue weighted by Gasteiger charge is 1.96. The Bertz CT molecular complexity index is 839. The molecular formula is C27H33NO2. The van der Waals surface area contributed by atoms with Gasteiger partial charge in [0, 0.05) is 31.1 Å². The molecule has 0 bridgehead atoms. The van der Waals surface area contributed by atoms with Crippen molar-refractivity contribution in [2.45, 2.75) is 65.0 Å². The third-order valence-electron chi connectivity index (χ3n) is 4.90. The molecule has 3 heteroatoms. The predicted octanol–water partition coefficient (Wildman–Crippen LogP) is 6.18. The lowest BCUT2D eigenvalue weighted by Crippen LogP contribution is -2.12. The zero-order valence-electron chi connectivity index (χ0n) is 18.0. The molecule has 2 N–H and O–H groups in total. The fourth-order valence-corrected chi connectivity index (χ4v) is 3.13. The summed E-state index contributed by atoms with van der Waals surface area (Å²) >= 11 is 0. The first kappa shape index (κ1) is 23.4. The van der Waals surface area contributed by atoms with Gasteiger partial charge in [0.2, 0.25) is 0 Å². The second kappa shape index (κ2) is 14.2. The van der Waals surface area contributed by atoms with Crippen molar-refractivity contribution in [3.63, 3.8) is 0 Å². The van der Waals surface area contributed by atoms with E-state index in [4.69, 9.17) is 5.11 Å². The maximum atomic E-state index is 10.6. The minimum Gasteiger partial charge on any atom is -0.478 e. The minimum absolute atomic E-state index is 0.767. The molecule has 0 saturated carbocycles. The van der Waals surface area contributed by atoms with Gasteiger partial charge in [-0.2, -0.15) is 0 Å². The highest BCUT2D eigenvalue weighted by Crippen LogP contribution is 2.09. The van der Waals surface area contributed by atoms with E-state index in [1.807, 2.05) is 24.3 Å². The maximum Gasteiger partial charge on any atom is 0.328 e.